The minimum Gasteiger partial charge on any atom is -0.493 e. The minimum absolute atomic E-state index is 0.140. The molecule has 3 heterocycles. The monoisotopic (exact) mass is 523 g/mol. The molecule has 1 fully saturated rings. The Hall–Kier alpha value is -3.77. The maximum Gasteiger partial charge on any atom is 0.270 e. The van der Waals surface area contributed by atoms with Gasteiger partial charge in [-0.25, -0.2) is 4.39 Å². The zero-order valence-corrected chi connectivity index (χ0v) is 21.4. The third-order valence-corrected chi connectivity index (χ3v) is 6.93. The molecule has 2 atom stereocenters. The van der Waals surface area contributed by atoms with Gasteiger partial charge in [-0.3, -0.25) is 19.1 Å². The third kappa shape index (κ3) is 5.35. The smallest absolute Gasteiger partial charge is 0.270 e. The molecule has 0 spiro atoms. The number of carbonyl (C=O) groups excluding carboxylic acids is 1. The molecule has 1 aromatic carbocycles. The van der Waals surface area contributed by atoms with E-state index in [0.29, 0.717) is 29.8 Å². The van der Waals surface area contributed by atoms with Crippen molar-refractivity contribution in [3.8, 4) is 11.9 Å². The molecule has 1 N–H and O–H groups in total. The number of hydrogen-bond acceptors (Lipinski definition) is 6. The number of carbonyl (C=O) groups is 1. The lowest BCUT2D eigenvalue weighted by molar-refractivity contribution is 0.0783. The van der Waals surface area contributed by atoms with E-state index in [-0.39, 0.29) is 29.7 Å². The number of likely N-dealkylation sites (tertiary alicyclic amines) is 1. The van der Waals surface area contributed by atoms with Crippen molar-refractivity contribution in [2.24, 2.45) is 0 Å². The number of halogens is 2. The molecule has 0 radical (unpaired) electrons. The van der Waals surface area contributed by atoms with Crippen LogP contribution in [0.15, 0.2) is 41.3 Å². The summed E-state index contributed by atoms with van der Waals surface area (Å²) in [4.78, 5) is 37.0. The Morgan fingerprint density at radius 1 is 1.38 bits per heavy atom. The number of aromatic nitrogens is 3. The molecule has 4 rings (SSSR count). The van der Waals surface area contributed by atoms with Crippen LogP contribution in [0.3, 0.4) is 0 Å². The Morgan fingerprint density at radius 3 is 2.86 bits per heavy atom. The number of unbranched alkanes of at least 4 members (excludes halogenated alkanes) is 1. The lowest BCUT2D eigenvalue weighted by Gasteiger charge is -2.23. The molecule has 37 heavy (non-hydrogen) atoms. The molecule has 192 valence electrons. The van der Waals surface area contributed by atoms with E-state index in [1.54, 1.807) is 31.2 Å². The van der Waals surface area contributed by atoms with Gasteiger partial charge in [-0.2, -0.15) is 10.2 Å². The highest BCUT2D eigenvalue weighted by Crippen LogP contribution is 2.30. The largest absolute Gasteiger partial charge is 0.493 e. The van der Waals surface area contributed by atoms with Crippen molar-refractivity contribution in [2.75, 3.05) is 13.1 Å². The molecule has 0 saturated carbocycles. The van der Waals surface area contributed by atoms with E-state index in [0.717, 1.165) is 12.8 Å². The number of nitrogens with zero attached hydrogens (tertiary/aromatic N) is 5. The summed E-state index contributed by atoms with van der Waals surface area (Å²) < 4.78 is 15.8. The molecule has 1 unspecified atom stereocenters. The highest BCUT2D eigenvalue weighted by Gasteiger charge is 2.34. The van der Waals surface area contributed by atoms with Crippen molar-refractivity contribution < 1.29 is 14.3 Å². The maximum absolute atomic E-state index is 14.4. The predicted molar refractivity (Wildman–Crippen MR) is 136 cm³/mol. The lowest BCUT2D eigenvalue weighted by atomic mass is 10.0. The van der Waals surface area contributed by atoms with Gasteiger partial charge in [0, 0.05) is 31.6 Å². The number of hydrogen-bond donors (Lipinski definition) is 1. The zero-order chi connectivity index (χ0) is 26.7. The first kappa shape index (κ1) is 26.3. The fourth-order valence-electron chi connectivity index (χ4n) is 4.73. The van der Waals surface area contributed by atoms with Gasteiger partial charge in [-0.1, -0.05) is 37.1 Å². The summed E-state index contributed by atoms with van der Waals surface area (Å²) in [5.41, 5.74) is 0.281. The van der Waals surface area contributed by atoms with Crippen LogP contribution in [0, 0.1) is 17.1 Å². The second kappa shape index (κ2) is 11.1. The van der Waals surface area contributed by atoms with E-state index < -0.39 is 34.8 Å². The fraction of sp³-hybridized carbons (Fsp3) is 0.370. The van der Waals surface area contributed by atoms with Crippen molar-refractivity contribution >= 4 is 17.5 Å². The van der Waals surface area contributed by atoms with Crippen molar-refractivity contribution in [1.29, 1.82) is 5.26 Å². The first-order valence-corrected chi connectivity index (χ1v) is 12.6. The Labute approximate surface area is 219 Å². The molecule has 0 bridgehead atoms. The van der Waals surface area contributed by atoms with Crippen molar-refractivity contribution in [3.05, 3.63) is 85.9 Å². The van der Waals surface area contributed by atoms with Crippen LogP contribution >= 0.6 is 11.6 Å². The SMILES string of the molecule is CCCCc1nc(O)c(C(=O)N2CCC(c3ncc(Cl)cc3F)C2)c(=O)n1[C@@H](C)c1cccc(C#N)c1. The van der Waals surface area contributed by atoms with Gasteiger partial charge in [-0.05, 0) is 43.5 Å². The van der Waals surface area contributed by atoms with Crippen LogP contribution in [0.5, 0.6) is 5.88 Å². The summed E-state index contributed by atoms with van der Waals surface area (Å²) in [6, 6.07) is 9.63. The summed E-state index contributed by atoms with van der Waals surface area (Å²) >= 11 is 5.81. The standard InChI is InChI=1S/C27H27ClFN5O3/c1-3-4-8-22-32-25(35)23(27(37)34(22)16(2)18-7-5-6-17(11-18)13-30)26(36)33-10-9-19(15-33)24-21(29)12-20(28)14-31-24/h5-7,11-12,14,16,19,35H,3-4,8-10,15H2,1-2H3/t16-,19?/m0/s1. The van der Waals surface area contributed by atoms with Gasteiger partial charge in [0.05, 0.1) is 28.4 Å². The second-order valence-corrected chi connectivity index (χ2v) is 9.61. The number of aryl methyl sites for hydroxylation is 1. The number of rotatable bonds is 7. The second-order valence-electron chi connectivity index (χ2n) is 9.18. The van der Waals surface area contributed by atoms with Crippen LogP contribution in [-0.2, 0) is 6.42 Å². The van der Waals surface area contributed by atoms with E-state index >= 15 is 0 Å². The Balaban J connectivity index is 1.71. The Kier molecular flexibility index (Phi) is 7.89. The Bertz CT molecular complexity index is 1430. The van der Waals surface area contributed by atoms with Gasteiger partial charge >= 0.3 is 0 Å². The number of benzene rings is 1. The highest BCUT2D eigenvalue weighted by molar-refractivity contribution is 6.30. The number of aromatic hydroxyl groups is 1. The summed E-state index contributed by atoms with van der Waals surface area (Å²) in [5, 5.41) is 20.2. The summed E-state index contributed by atoms with van der Waals surface area (Å²) in [6.07, 6.45) is 3.82. The van der Waals surface area contributed by atoms with E-state index in [9.17, 15) is 24.3 Å². The van der Waals surface area contributed by atoms with Crippen LogP contribution in [0.2, 0.25) is 5.02 Å². The lowest BCUT2D eigenvalue weighted by Crippen LogP contribution is -2.38. The maximum atomic E-state index is 14.4. The molecule has 2 aromatic heterocycles. The average molecular weight is 524 g/mol. The normalized spacial score (nSPS) is 16.0. The number of amides is 1. The van der Waals surface area contributed by atoms with Crippen molar-refractivity contribution in [3.63, 3.8) is 0 Å². The topological polar surface area (TPSA) is 112 Å². The van der Waals surface area contributed by atoms with Gasteiger partial charge in [0.25, 0.3) is 11.5 Å². The molecular weight excluding hydrogens is 497 g/mol. The van der Waals surface area contributed by atoms with Gasteiger partial charge < -0.3 is 10.0 Å². The van der Waals surface area contributed by atoms with Crippen molar-refractivity contribution in [2.45, 2.75) is 51.5 Å². The average Bonchev–Trinajstić information content (AvgIpc) is 3.37. The van der Waals surface area contributed by atoms with E-state index in [1.165, 1.54) is 21.7 Å². The van der Waals surface area contributed by atoms with Crippen LogP contribution in [0.4, 0.5) is 4.39 Å². The van der Waals surface area contributed by atoms with Crippen LogP contribution < -0.4 is 5.56 Å². The van der Waals surface area contributed by atoms with Gasteiger partial charge in [0.1, 0.15) is 11.6 Å². The predicted octanol–water partition coefficient (Wildman–Crippen LogP) is 4.59. The molecule has 10 heteroatoms. The molecule has 1 amide bonds. The van der Waals surface area contributed by atoms with Gasteiger partial charge in [-0.15, -0.1) is 0 Å². The molecule has 8 nitrogen and oxygen atoms in total. The summed E-state index contributed by atoms with van der Waals surface area (Å²) in [6.45, 7) is 4.20. The fourth-order valence-corrected chi connectivity index (χ4v) is 4.88. The van der Waals surface area contributed by atoms with Gasteiger partial charge in [0.15, 0.2) is 5.56 Å². The molecule has 1 saturated heterocycles. The summed E-state index contributed by atoms with van der Waals surface area (Å²) in [7, 11) is 0. The van der Waals surface area contributed by atoms with E-state index in [2.05, 4.69) is 16.0 Å². The number of nitriles is 1. The first-order chi connectivity index (χ1) is 17.7. The molecule has 1 aliphatic rings. The van der Waals surface area contributed by atoms with Crippen LogP contribution in [0.1, 0.15) is 78.1 Å². The van der Waals surface area contributed by atoms with Crippen LogP contribution in [-0.4, -0.2) is 43.5 Å². The first-order valence-electron chi connectivity index (χ1n) is 12.2. The minimum atomic E-state index is -0.666. The molecule has 0 aliphatic carbocycles. The quantitative estimate of drug-likeness (QED) is 0.484. The zero-order valence-electron chi connectivity index (χ0n) is 20.6. The van der Waals surface area contributed by atoms with Gasteiger partial charge in [0.2, 0.25) is 5.88 Å². The number of pyridine rings is 1. The molecule has 1 aliphatic heterocycles. The third-order valence-electron chi connectivity index (χ3n) is 6.72. The Morgan fingerprint density at radius 2 is 2.16 bits per heavy atom. The summed E-state index contributed by atoms with van der Waals surface area (Å²) in [5.74, 6) is -1.83. The van der Waals surface area contributed by atoms with Crippen molar-refractivity contribution in [1.82, 2.24) is 19.4 Å². The highest BCUT2D eigenvalue weighted by atomic mass is 35.5. The van der Waals surface area contributed by atoms with Crippen LogP contribution in [0.25, 0.3) is 0 Å². The van der Waals surface area contributed by atoms with E-state index in [1.807, 2.05) is 6.92 Å². The molecular formula is C27H27ClFN5O3. The van der Waals surface area contributed by atoms with E-state index in [4.69, 9.17) is 11.6 Å². The molecule has 3 aromatic rings.